The van der Waals surface area contributed by atoms with Crippen molar-refractivity contribution in [3.63, 3.8) is 0 Å². The Labute approximate surface area is 89.6 Å². The summed E-state index contributed by atoms with van der Waals surface area (Å²) in [6.45, 7) is 2.21. The molecular weight excluding hydrogens is 186 g/mol. The predicted octanol–water partition coefficient (Wildman–Crippen LogP) is 2.81. The number of hydrogen-bond donors (Lipinski definition) is 1. The summed E-state index contributed by atoms with van der Waals surface area (Å²) in [5.74, 6) is 0.841. The van der Waals surface area contributed by atoms with Crippen molar-refractivity contribution in [1.29, 1.82) is 0 Å². The number of benzene rings is 1. The Kier molecular flexibility index (Phi) is 3.12. The standard InChI is InChI=1S/C12H15N3/c1-2-3-5-10-6-4-7-11(8-10)12-13-9-14-15-12/h4,6-9H,2-3,5H2,1H3,(H,13,14,15). The molecule has 0 radical (unpaired) electrons. The number of aromatic amines is 1. The third-order valence-electron chi connectivity index (χ3n) is 2.43. The van der Waals surface area contributed by atoms with Crippen LogP contribution in [0.1, 0.15) is 25.3 Å². The average Bonchev–Trinajstić information content (AvgIpc) is 2.80. The second-order valence-electron chi connectivity index (χ2n) is 3.64. The minimum Gasteiger partial charge on any atom is -0.259 e. The van der Waals surface area contributed by atoms with Gasteiger partial charge in [0.25, 0.3) is 0 Å². The van der Waals surface area contributed by atoms with Crippen LogP contribution in [0.3, 0.4) is 0 Å². The lowest BCUT2D eigenvalue weighted by Crippen LogP contribution is -1.87. The molecule has 0 aliphatic heterocycles. The predicted molar refractivity (Wildman–Crippen MR) is 60.4 cm³/mol. The summed E-state index contributed by atoms with van der Waals surface area (Å²) < 4.78 is 0. The molecule has 0 aliphatic carbocycles. The fourth-order valence-electron chi connectivity index (χ4n) is 1.60. The number of hydrogen-bond acceptors (Lipinski definition) is 2. The van der Waals surface area contributed by atoms with Gasteiger partial charge in [0, 0.05) is 5.56 Å². The van der Waals surface area contributed by atoms with E-state index in [1.807, 2.05) is 0 Å². The van der Waals surface area contributed by atoms with Crippen LogP contribution in [0.5, 0.6) is 0 Å². The normalized spacial score (nSPS) is 10.5. The van der Waals surface area contributed by atoms with Gasteiger partial charge in [-0.05, 0) is 24.5 Å². The molecule has 0 unspecified atom stereocenters. The second-order valence-corrected chi connectivity index (χ2v) is 3.64. The van der Waals surface area contributed by atoms with Crippen LogP contribution in [0.25, 0.3) is 11.4 Å². The highest BCUT2D eigenvalue weighted by atomic mass is 15.2. The molecule has 0 atom stereocenters. The molecule has 0 saturated heterocycles. The van der Waals surface area contributed by atoms with Crippen molar-refractivity contribution in [3.8, 4) is 11.4 Å². The van der Waals surface area contributed by atoms with E-state index in [9.17, 15) is 0 Å². The van der Waals surface area contributed by atoms with Crippen molar-refractivity contribution in [2.24, 2.45) is 0 Å². The maximum atomic E-state index is 4.14. The van der Waals surface area contributed by atoms with Gasteiger partial charge >= 0.3 is 0 Å². The number of aryl methyl sites for hydroxylation is 1. The fraction of sp³-hybridized carbons (Fsp3) is 0.333. The largest absolute Gasteiger partial charge is 0.259 e. The highest BCUT2D eigenvalue weighted by Crippen LogP contribution is 2.16. The molecule has 3 nitrogen and oxygen atoms in total. The van der Waals surface area contributed by atoms with Gasteiger partial charge in [-0.25, -0.2) is 4.98 Å². The highest BCUT2D eigenvalue weighted by molar-refractivity contribution is 5.55. The Morgan fingerprint density at radius 2 is 2.27 bits per heavy atom. The molecule has 1 aromatic heterocycles. The van der Waals surface area contributed by atoms with E-state index < -0.39 is 0 Å². The zero-order valence-electron chi connectivity index (χ0n) is 8.90. The van der Waals surface area contributed by atoms with Gasteiger partial charge in [-0.15, -0.1) is 0 Å². The quantitative estimate of drug-likeness (QED) is 0.826. The summed E-state index contributed by atoms with van der Waals surface area (Å²) in [4.78, 5) is 4.14. The number of rotatable bonds is 4. The van der Waals surface area contributed by atoms with Crippen molar-refractivity contribution in [2.45, 2.75) is 26.2 Å². The smallest absolute Gasteiger partial charge is 0.155 e. The maximum Gasteiger partial charge on any atom is 0.155 e. The third-order valence-corrected chi connectivity index (χ3v) is 2.43. The van der Waals surface area contributed by atoms with E-state index in [1.54, 1.807) is 0 Å². The molecule has 0 amide bonds. The van der Waals surface area contributed by atoms with Gasteiger partial charge in [0.2, 0.25) is 0 Å². The number of H-pyrrole nitrogens is 1. The van der Waals surface area contributed by atoms with E-state index >= 15 is 0 Å². The van der Waals surface area contributed by atoms with Gasteiger partial charge in [0.15, 0.2) is 5.82 Å². The Morgan fingerprint density at radius 3 is 3.00 bits per heavy atom. The Bertz CT molecular complexity index is 407. The zero-order chi connectivity index (χ0) is 10.5. The first-order chi connectivity index (χ1) is 7.40. The van der Waals surface area contributed by atoms with Gasteiger partial charge in [-0.2, -0.15) is 5.10 Å². The Balaban J connectivity index is 2.19. The molecule has 0 aliphatic rings. The molecule has 0 fully saturated rings. The van der Waals surface area contributed by atoms with E-state index in [0.717, 1.165) is 17.8 Å². The van der Waals surface area contributed by atoms with Crippen LogP contribution in [0.15, 0.2) is 30.6 Å². The molecule has 0 spiro atoms. The molecule has 3 heteroatoms. The number of nitrogens with one attached hydrogen (secondary N) is 1. The summed E-state index contributed by atoms with van der Waals surface area (Å²) >= 11 is 0. The maximum absolute atomic E-state index is 4.14. The second kappa shape index (κ2) is 4.73. The first-order valence-electron chi connectivity index (χ1n) is 5.35. The molecule has 15 heavy (non-hydrogen) atoms. The van der Waals surface area contributed by atoms with Gasteiger partial charge in [-0.1, -0.05) is 31.5 Å². The van der Waals surface area contributed by atoms with Crippen molar-refractivity contribution in [1.82, 2.24) is 15.2 Å². The van der Waals surface area contributed by atoms with Crippen molar-refractivity contribution in [2.75, 3.05) is 0 Å². The summed E-state index contributed by atoms with van der Waals surface area (Å²) in [7, 11) is 0. The third kappa shape index (κ3) is 2.43. The molecule has 0 saturated carbocycles. The van der Waals surface area contributed by atoms with E-state index in [2.05, 4.69) is 46.4 Å². The molecule has 1 heterocycles. The monoisotopic (exact) mass is 201 g/mol. The SMILES string of the molecule is CCCCc1cccc(-c2ncn[nH]2)c1. The molecular formula is C12H15N3. The van der Waals surface area contributed by atoms with Crippen LogP contribution in [0.4, 0.5) is 0 Å². The highest BCUT2D eigenvalue weighted by Gasteiger charge is 2.00. The Morgan fingerprint density at radius 1 is 1.33 bits per heavy atom. The molecule has 2 rings (SSSR count). The first-order valence-corrected chi connectivity index (χ1v) is 5.35. The lowest BCUT2D eigenvalue weighted by Gasteiger charge is -2.01. The van der Waals surface area contributed by atoms with E-state index in [1.165, 1.54) is 24.7 Å². The van der Waals surface area contributed by atoms with Crippen LogP contribution < -0.4 is 0 Å². The van der Waals surface area contributed by atoms with E-state index in [4.69, 9.17) is 0 Å². The van der Waals surface area contributed by atoms with Gasteiger partial charge in [0.1, 0.15) is 6.33 Å². The first kappa shape index (κ1) is 9.90. The summed E-state index contributed by atoms with van der Waals surface area (Å²) in [5, 5.41) is 6.73. The van der Waals surface area contributed by atoms with Crippen LogP contribution in [-0.4, -0.2) is 15.2 Å². The van der Waals surface area contributed by atoms with Crippen LogP contribution in [-0.2, 0) is 6.42 Å². The zero-order valence-corrected chi connectivity index (χ0v) is 8.90. The number of aromatic nitrogens is 3. The topological polar surface area (TPSA) is 41.6 Å². The number of nitrogens with zero attached hydrogens (tertiary/aromatic N) is 2. The molecule has 78 valence electrons. The van der Waals surface area contributed by atoms with Crippen LogP contribution >= 0.6 is 0 Å². The van der Waals surface area contributed by atoms with Crippen LogP contribution in [0.2, 0.25) is 0 Å². The number of unbranched alkanes of at least 4 members (excludes halogenated alkanes) is 1. The minimum absolute atomic E-state index is 0.841. The van der Waals surface area contributed by atoms with Crippen molar-refractivity contribution < 1.29 is 0 Å². The summed E-state index contributed by atoms with van der Waals surface area (Å²) in [5.41, 5.74) is 2.48. The van der Waals surface area contributed by atoms with Gasteiger partial charge in [0.05, 0.1) is 0 Å². The molecule has 2 aromatic rings. The molecule has 1 aromatic carbocycles. The van der Waals surface area contributed by atoms with E-state index in [-0.39, 0.29) is 0 Å². The average molecular weight is 201 g/mol. The van der Waals surface area contributed by atoms with Gasteiger partial charge < -0.3 is 0 Å². The van der Waals surface area contributed by atoms with Crippen molar-refractivity contribution in [3.05, 3.63) is 36.2 Å². The van der Waals surface area contributed by atoms with Crippen LogP contribution in [0, 0.1) is 0 Å². The Hall–Kier alpha value is -1.64. The van der Waals surface area contributed by atoms with E-state index in [0.29, 0.717) is 0 Å². The lowest BCUT2D eigenvalue weighted by atomic mass is 10.1. The summed E-state index contributed by atoms with van der Waals surface area (Å²) in [6.07, 6.45) is 5.14. The lowest BCUT2D eigenvalue weighted by molar-refractivity contribution is 0.795. The van der Waals surface area contributed by atoms with Gasteiger partial charge in [-0.3, -0.25) is 5.10 Å². The molecule has 0 bridgehead atoms. The fourth-order valence-corrected chi connectivity index (χ4v) is 1.60. The molecule has 1 N–H and O–H groups in total. The minimum atomic E-state index is 0.841. The summed E-state index contributed by atoms with van der Waals surface area (Å²) in [6, 6.07) is 8.46. The van der Waals surface area contributed by atoms with Crippen molar-refractivity contribution >= 4 is 0 Å².